The Morgan fingerprint density at radius 2 is 2.08 bits per heavy atom. The topological polar surface area (TPSA) is 72.2 Å². The molecule has 1 amide bonds. The van der Waals surface area contributed by atoms with Crippen molar-refractivity contribution in [2.45, 2.75) is 13.8 Å². The summed E-state index contributed by atoms with van der Waals surface area (Å²) in [5.41, 5.74) is 5.95. The van der Waals surface area contributed by atoms with E-state index in [4.69, 9.17) is 0 Å². The lowest BCUT2D eigenvalue weighted by Crippen LogP contribution is -2.17. The van der Waals surface area contributed by atoms with Gasteiger partial charge in [-0.05, 0) is 44.2 Å². The zero-order valence-corrected chi connectivity index (χ0v) is 13.5. The Morgan fingerprint density at radius 3 is 2.79 bits per heavy atom. The van der Waals surface area contributed by atoms with Crippen LogP contribution in [-0.2, 0) is 0 Å². The van der Waals surface area contributed by atoms with Crippen LogP contribution in [0.5, 0.6) is 0 Å². The number of hydrogen-bond acceptors (Lipinski definition) is 4. The van der Waals surface area contributed by atoms with Crippen LogP contribution in [0.3, 0.4) is 0 Å². The molecule has 24 heavy (non-hydrogen) atoms. The average Bonchev–Trinajstić information content (AvgIpc) is 2.90. The smallest absolute Gasteiger partial charge is 0.272 e. The first-order chi connectivity index (χ1) is 11.7. The minimum atomic E-state index is -0.294. The Bertz CT molecular complexity index is 869. The summed E-state index contributed by atoms with van der Waals surface area (Å²) in [5, 5.41) is 4.04. The van der Waals surface area contributed by atoms with Crippen molar-refractivity contribution in [3.8, 4) is 5.82 Å². The first-order valence-corrected chi connectivity index (χ1v) is 7.50. The van der Waals surface area contributed by atoms with Gasteiger partial charge in [-0.3, -0.25) is 9.78 Å². The van der Waals surface area contributed by atoms with Crippen LogP contribution in [0, 0.1) is 13.8 Å². The molecule has 1 N–H and O–H groups in total. The Kier molecular flexibility index (Phi) is 4.47. The van der Waals surface area contributed by atoms with Gasteiger partial charge < -0.3 is 4.57 Å². The summed E-state index contributed by atoms with van der Waals surface area (Å²) in [4.78, 5) is 20.2. The van der Waals surface area contributed by atoms with Gasteiger partial charge in [-0.25, -0.2) is 10.4 Å². The molecule has 0 spiro atoms. The summed E-state index contributed by atoms with van der Waals surface area (Å²) in [7, 11) is 0. The Balaban J connectivity index is 1.78. The lowest BCUT2D eigenvalue weighted by atomic mass is 10.2. The van der Waals surface area contributed by atoms with Crippen molar-refractivity contribution < 1.29 is 4.79 Å². The van der Waals surface area contributed by atoms with Crippen molar-refractivity contribution in [3.05, 3.63) is 77.5 Å². The molecule has 3 heterocycles. The molecule has 0 aliphatic rings. The summed E-state index contributed by atoms with van der Waals surface area (Å²) in [5.74, 6) is 0.560. The van der Waals surface area contributed by atoms with Crippen LogP contribution in [0.2, 0.25) is 0 Å². The van der Waals surface area contributed by atoms with Gasteiger partial charge in [0.05, 0.1) is 11.8 Å². The fourth-order valence-corrected chi connectivity index (χ4v) is 2.48. The highest BCUT2D eigenvalue weighted by molar-refractivity contribution is 5.94. The van der Waals surface area contributed by atoms with Crippen LogP contribution >= 0.6 is 0 Å². The fourth-order valence-electron chi connectivity index (χ4n) is 2.48. The lowest BCUT2D eigenvalue weighted by molar-refractivity contribution is 0.0955. The van der Waals surface area contributed by atoms with Crippen LogP contribution in [0.1, 0.15) is 27.3 Å². The Hall–Kier alpha value is -3.28. The molecular weight excluding hydrogens is 302 g/mol. The van der Waals surface area contributed by atoms with E-state index < -0.39 is 0 Å². The van der Waals surface area contributed by atoms with Crippen molar-refractivity contribution in [3.63, 3.8) is 0 Å². The van der Waals surface area contributed by atoms with Gasteiger partial charge in [0.25, 0.3) is 5.91 Å². The van der Waals surface area contributed by atoms with Gasteiger partial charge in [-0.1, -0.05) is 6.07 Å². The van der Waals surface area contributed by atoms with Crippen molar-refractivity contribution in [2.24, 2.45) is 5.10 Å². The number of aryl methyl sites for hydroxylation is 1. The van der Waals surface area contributed by atoms with E-state index in [1.165, 1.54) is 6.20 Å². The van der Waals surface area contributed by atoms with Gasteiger partial charge in [0, 0.05) is 35.5 Å². The quantitative estimate of drug-likeness (QED) is 0.593. The maximum Gasteiger partial charge on any atom is 0.272 e. The number of aromatic nitrogens is 3. The molecule has 0 aliphatic heterocycles. The molecular formula is C18H17N5O. The second-order valence-corrected chi connectivity index (χ2v) is 5.29. The average molecular weight is 319 g/mol. The van der Waals surface area contributed by atoms with Crippen molar-refractivity contribution >= 4 is 12.1 Å². The number of rotatable bonds is 4. The predicted molar refractivity (Wildman–Crippen MR) is 92.3 cm³/mol. The third kappa shape index (κ3) is 3.22. The molecule has 3 rings (SSSR count). The molecule has 0 radical (unpaired) electrons. The molecule has 3 aromatic heterocycles. The van der Waals surface area contributed by atoms with Crippen LogP contribution in [0.4, 0.5) is 0 Å². The maximum atomic E-state index is 11.9. The van der Waals surface area contributed by atoms with E-state index in [0.29, 0.717) is 5.56 Å². The summed E-state index contributed by atoms with van der Waals surface area (Å²) >= 11 is 0. The van der Waals surface area contributed by atoms with Crippen LogP contribution in [0.25, 0.3) is 5.82 Å². The monoisotopic (exact) mass is 319 g/mol. The molecule has 0 atom stereocenters. The molecule has 0 saturated carbocycles. The minimum Gasteiger partial charge on any atom is -0.303 e. The molecule has 0 bridgehead atoms. The fraction of sp³-hybridized carbons (Fsp3) is 0.111. The number of hydrogen-bond donors (Lipinski definition) is 1. The standard InChI is InChI=1S/C18H17N5O/c1-13-10-16(14(2)23(13)17-7-3-4-9-20-17)12-21-22-18(24)15-6-5-8-19-11-15/h3-12H,1-2H3,(H,22,24). The van der Waals surface area contributed by atoms with E-state index in [1.54, 1.807) is 30.7 Å². The van der Waals surface area contributed by atoms with Gasteiger partial charge >= 0.3 is 0 Å². The predicted octanol–water partition coefficient (Wildman–Crippen LogP) is 2.65. The lowest BCUT2D eigenvalue weighted by Gasteiger charge is -2.07. The zero-order valence-electron chi connectivity index (χ0n) is 13.5. The van der Waals surface area contributed by atoms with Gasteiger partial charge in [0.2, 0.25) is 0 Å². The van der Waals surface area contributed by atoms with Gasteiger partial charge in [0.1, 0.15) is 5.82 Å². The number of hydrazone groups is 1. The first-order valence-electron chi connectivity index (χ1n) is 7.50. The summed E-state index contributed by atoms with van der Waals surface area (Å²) < 4.78 is 2.05. The number of nitrogens with one attached hydrogen (secondary N) is 1. The third-order valence-corrected chi connectivity index (χ3v) is 3.64. The van der Waals surface area contributed by atoms with E-state index in [-0.39, 0.29) is 5.91 Å². The summed E-state index contributed by atoms with van der Waals surface area (Å²) in [6.45, 7) is 4.00. The summed E-state index contributed by atoms with van der Waals surface area (Å²) in [6.07, 6.45) is 6.51. The zero-order chi connectivity index (χ0) is 16.9. The van der Waals surface area contributed by atoms with E-state index in [2.05, 4.69) is 20.5 Å². The van der Waals surface area contributed by atoms with Crippen LogP contribution in [-0.4, -0.2) is 26.7 Å². The highest BCUT2D eigenvalue weighted by Gasteiger charge is 2.10. The maximum absolute atomic E-state index is 11.9. The van der Waals surface area contributed by atoms with Crippen molar-refractivity contribution in [2.75, 3.05) is 0 Å². The van der Waals surface area contributed by atoms with Gasteiger partial charge in [0.15, 0.2) is 0 Å². The number of carbonyl (C=O) groups is 1. The van der Waals surface area contributed by atoms with Crippen LogP contribution < -0.4 is 5.43 Å². The Labute approximate surface area is 139 Å². The molecule has 0 saturated heterocycles. The van der Waals surface area contributed by atoms with E-state index in [1.807, 2.05) is 42.7 Å². The second-order valence-electron chi connectivity index (χ2n) is 5.29. The number of pyridine rings is 2. The molecule has 6 nitrogen and oxygen atoms in total. The molecule has 3 aromatic rings. The van der Waals surface area contributed by atoms with Crippen molar-refractivity contribution in [1.82, 2.24) is 20.0 Å². The number of carbonyl (C=O) groups excluding carboxylic acids is 1. The first kappa shape index (κ1) is 15.6. The minimum absolute atomic E-state index is 0.294. The van der Waals surface area contributed by atoms with E-state index in [9.17, 15) is 4.79 Å². The number of amides is 1. The molecule has 120 valence electrons. The highest BCUT2D eigenvalue weighted by atomic mass is 16.2. The van der Waals surface area contributed by atoms with Crippen LogP contribution in [0.15, 0.2) is 60.1 Å². The van der Waals surface area contributed by atoms with Gasteiger partial charge in [-0.15, -0.1) is 0 Å². The molecule has 0 unspecified atom stereocenters. The summed E-state index contributed by atoms with van der Waals surface area (Å²) in [6, 6.07) is 11.2. The third-order valence-electron chi connectivity index (χ3n) is 3.64. The molecule has 0 aromatic carbocycles. The van der Waals surface area contributed by atoms with E-state index in [0.717, 1.165) is 22.8 Å². The largest absolute Gasteiger partial charge is 0.303 e. The van der Waals surface area contributed by atoms with Crippen molar-refractivity contribution in [1.29, 1.82) is 0 Å². The molecule has 6 heteroatoms. The second kappa shape index (κ2) is 6.87. The normalized spacial score (nSPS) is 10.9. The van der Waals surface area contributed by atoms with Gasteiger partial charge in [-0.2, -0.15) is 5.10 Å². The number of nitrogens with zero attached hydrogens (tertiary/aromatic N) is 4. The molecule has 0 aliphatic carbocycles. The Morgan fingerprint density at radius 1 is 1.21 bits per heavy atom. The SMILES string of the molecule is Cc1cc(C=NNC(=O)c2cccnc2)c(C)n1-c1ccccn1. The van der Waals surface area contributed by atoms with E-state index >= 15 is 0 Å². The highest BCUT2D eigenvalue weighted by Crippen LogP contribution is 2.17. The molecule has 0 fully saturated rings.